The van der Waals surface area contributed by atoms with Crippen LogP contribution in [0.3, 0.4) is 0 Å². The van der Waals surface area contributed by atoms with E-state index in [9.17, 15) is 9.59 Å². The van der Waals surface area contributed by atoms with Crippen LogP contribution in [-0.4, -0.2) is 58.5 Å². The summed E-state index contributed by atoms with van der Waals surface area (Å²) < 4.78 is 14.6. The molecular weight excluding hydrogens is 240 g/mol. The number of hydrogen-bond acceptors (Lipinski definition) is 6. The standard InChI is InChI=1S/C11H20N2O5/c1-16-11(15)3-2-10(14)13-5-7-18-9-8-17-6-4-12/h2-3H,4-9,12H2,1H3,(H,13,14)/b3-2+. The molecule has 0 saturated carbocycles. The third-order valence-electron chi connectivity index (χ3n) is 1.75. The molecule has 3 N–H and O–H groups in total. The maximum atomic E-state index is 11.1. The minimum Gasteiger partial charge on any atom is -0.466 e. The van der Waals surface area contributed by atoms with Gasteiger partial charge in [0.15, 0.2) is 0 Å². The number of carbonyl (C=O) groups is 2. The third-order valence-corrected chi connectivity index (χ3v) is 1.75. The lowest BCUT2D eigenvalue weighted by molar-refractivity contribution is -0.135. The first-order valence-electron chi connectivity index (χ1n) is 5.60. The molecule has 0 aromatic rings. The van der Waals surface area contributed by atoms with Crippen molar-refractivity contribution in [2.75, 3.05) is 46.6 Å². The van der Waals surface area contributed by atoms with E-state index in [1.54, 1.807) is 0 Å². The van der Waals surface area contributed by atoms with Crippen molar-refractivity contribution in [2.45, 2.75) is 0 Å². The minimum atomic E-state index is -0.571. The molecule has 0 aromatic carbocycles. The summed E-state index contributed by atoms with van der Waals surface area (Å²) in [6.45, 7) is 2.67. The van der Waals surface area contributed by atoms with Crippen LogP contribution in [0.2, 0.25) is 0 Å². The van der Waals surface area contributed by atoms with E-state index < -0.39 is 5.97 Å². The van der Waals surface area contributed by atoms with Crippen LogP contribution in [-0.2, 0) is 23.8 Å². The second-order valence-electron chi connectivity index (χ2n) is 3.16. The van der Waals surface area contributed by atoms with Gasteiger partial charge in [0.1, 0.15) is 0 Å². The van der Waals surface area contributed by atoms with Gasteiger partial charge < -0.3 is 25.3 Å². The number of nitrogens with one attached hydrogen (secondary N) is 1. The summed E-state index contributed by atoms with van der Waals surface area (Å²) >= 11 is 0. The fourth-order valence-corrected chi connectivity index (χ4v) is 0.922. The Morgan fingerprint density at radius 1 is 1.11 bits per heavy atom. The van der Waals surface area contributed by atoms with E-state index in [1.807, 2.05) is 0 Å². The first kappa shape index (κ1) is 16.6. The zero-order valence-electron chi connectivity index (χ0n) is 10.5. The Hall–Kier alpha value is -1.44. The van der Waals surface area contributed by atoms with Crippen molar-refractivity contribution in [1.29, 1.82) is 0 Å². The minimum absolute atomic E-state index is 0.362. The summed E-state index contributed by atoms with van der Waals surface area (Å²) in [5.41, 5.74) is 5.23. The highest BCUT2D eigenvalue weighted by atomic mass is 16.5. The molecule has 104 valence electrons. The lowest BCUT2D eigenvalue weighted by Gasteiger charge is -2.05. The van der Waals surface area contributed by atoms with E-state index in [0.717, 1.165) is 12.2 Å². The number of rotatable bonds is 10. The van der Waals surface area contributed by atoms with Crippen molar-refractivity contribution in [3.63, 3.8) is 0 Å². The molecule has 0 heterocycles. The van der Waals surface area contributed by atoms with Crippen molar-refractivity contribution in [3.8, 4) is 0 Å². The molecule has 0 aliphatic rings. The molecule has 0 saturated heterocycles. The molecule has 18 heavy (non-hydrogen) atoms. The van der Waals surface area contributed by atoms with Crippen molar-refractivity contribution in [1.82, 2.24) is 5.32 Å². The van der Waals surface area contributed by atoms with E-state index in [0.29, 0.717) is 39.5 Å². The normalized spacial score (nSPS) is 10.6. The number of esters is 1. The van der Waals surface area contributed by atoms with Crippen molar-refractivity contribution in [2.24, 2.45) is 5.73 Å². The van der Waals surface area contributed by atoms with Gasteiger partial charge in [-0.2, -0.15) is 0 Å². The zero-order chi connectivity index (χ0) is 13.6. The summed E-state index contributed by atoms with van der Waals surface area (Å²) in [4.78, 5) is 21.8. The van der Waals surface area contributed by atoms with Gasteiger partial charge in [-0.15, -0.1) is 0 Å². The molecule has 0 aliphatic heterocycles. The van der Waals surface area contributed by atoms with E-state index in [2.05, 4.69) is 10.1 Å². The topological polar surface area (TPSA) is 99.9 Å². The van der Waals surface area contributed by atoms with Crippen molar-refractivity contribution in [3.05, 3.63) is 12.2 Å². The SMILES string of the molecule is COC(=O)/C=C/C(=O)NCCOCCOCCN. The molecule has 0 aliphatic carbocycles. The first-order chi connectivity index (χ1) is 8.70. The Morgan fingerprint density at radius 2 is 1.78 bits per heavy atom. The van der Waals surface area contributed by atoms with Gasteiger partial charge in [-0.3, -0.25) is 4.79 Å². The molecule has 7 nitrogen and oxygen atoms in total. The summed E-state index contributed by atoms with van der Waals surface area (Å²) in [6.07, 6.45) is 2.16. The average Bonchev–Trinajstić information content (AvgIpc) is 2.39. The molecule has 1 amide bonds. The largest absolute Gasteiger partial charge is 0.466 e. The smallest absolute Gasteiger partial charge is 0.330 e. The molecule has 0 atom stereocenters. The van der Waals surface area contributed by atoms with Crippen LogP contribution in [0.15, 0.2) is 12.2 Å². The van der Waals surface area contributed by atoms with Crippen LogP contribution in [0.4, 0.5) is 0 Å². The molecule has 0 fully saturated rings. The number of amides is 1. The third kappa shape index (κ3) is 11.1. The molecule has 0 rings (SSSR count). The first-order valence-corrected chi connectivity index (χ1v) is 5.60. The molecule has 7 heteroatoms. The summed E-state index contributed by atoms with van der Waals surface area (Å²) in [5, 5.41) is 2.54. The predicted octanol–water partition coefficient (Wildman–Crippen LogP) is -1.18. The Bertz CT molecular complexity index is 268. The lowest BCUT2D eigenvalue weighted by atomic mass is 10.4. The Labute approximate surface area is 106 Å². The highest BCUT2D eigenvalue weighted by molar-refractivity contribution is 5.94. The maximum Gasteiger partial charge on any atom is 0.330 e. The van der Waals surface area contributed by atoms with Gasteiger partial charge in [-0.25, -0.2) is 4.79 Å². The van der Waals surface area contributed by atoms with Crippen molar-refractivity contribution < 1.29 is 23.8 Å². The number of hydrogen-bond donors (Lipinski definition) is 2. The zero-order valence-corrected chi connectivity index (χ0v) is 10.5. The van der Waals surface area contributed by atoms with Crippen LogP contribution in [0.1, 0.15) is 0 Å². The van der Waals surface area contributed by atoms with Gasteiger partial charge in [0.05, 0.1) is 33.5 Å². The molecular formula is C11H20N2O5. The number of carbonyl (C=O) groups excluding carboxylic acids is 2. The Kier molecular flexibility index (Phi) is 11.1. The van der Waals surface area contributed by atoms with E-state index in [-0.39, 0.29) is 5.91 Å². The van der Waals surface area contributed by atoms with Gasteiger partial charge in [-0.05, 0) is 0 Å². The van der Waals surface area contributed by atoms with Crippen LogP contribution in [0, 0.1) is 0 Å². The second kappa shape index (κ2) is 12.0. The van der Waals surface area contributed by atoms with Gasteiger partial charge in [0.2, 0.25) is 5.91 Å². The quantitative estimate of drug-likeness (QED) is 0.291. The molecule has 0 spiro atoms. The number of ether oxygens (including phenoxy) is 3. The Balaban J connectivity index is 3.35. The highest BCUT2D eigenvalue weighted by Gasteiger charge is 1.97. The summed E-state index contributed by atoms with van der Waals surface area (Å²) in [6, 6.07) is 0. The Morgan fingerprint density at radius 3 is 2.39 bits per heavy atom. The fourth-order valence-electron chi connectivity index (χ4n) is 0.922. The average molecular weight is 260 g/mol. The van der Waals surface area contributed by atoms with E-state index in [1.165, 1.54) is 7.11 Å². The van der Waals surface area contributed by atoms with E-state index in [4.69, 9.17) is 15.2 Å². The van der Waals surface area contributed by atoms with Gasteiger partial charge in [0.25, 0.3) is 0 Å². The predicted molar refractivity (Wildman–Crippen MR) is 64.9 cm³/mol. The van der Waals surface area contributed by atoms with Crippen LogP contribution in [0.5, 0.6) is 0 Å². The van der Waals surface area contributed by atoms with Gasteiger partial charge in [0, 0.05) is 25.2 Å². The number of nitrogens with two attached hydrogens (primary N) is 1. The monoisotopic (exact) mass is 260 g/mol. The molecule has 0 radical (unpaired) electrons. The number of methoxy groups -OCH3 is 1. The fraction of sp³-hybridized carbons (Fsp3) is 0.636. The second-order valence-corrected chi connectivity index (χ2v) is 3.16. The molecule has 0 aromatic heterocycles. The maximum absolute atomic E-state index is 11.1. The van der Waals surface area contributed by atoms with Gasteiger partial charge >= 0.3 is 5.97 Å². The summed E-state index contributed by atoms with van der Waals surface area (Å²) in [5.74, 6) is -0.943. The molecule has 0 bridgehead atoms. The lowest BCUT2D eigenvalue weighted by Crippen LogP contribution is -2.26. The van der Waals surface area contributed by atoms with E-state index >= 15 is 0 Å². The van der Waals surface area contributed by atoms with Crippen LogP contribution >= 0.6 is 0 Å². The van der Waals surface area contributed by atoms with Crippen molar-refractivity contribution >= 4 is 11.9 Å². The summed E-state index contributed by atoms with van der Waals surface area (Å²) in [7, 11) is 1.24. The highest BCUT2D eigenvalue weighted by Crippen LogP contribution is 1.80. The van der Waals surface area contributed by atoms with Crippen LogP contribution in [0.25, 0.3) is 0 Å². The van der Waals surface area contributed by atoms with Crippen LogP contribution < -0.4 is 11.1 Å². The van der Waals surface area contributed by atoms with Gasteiger partial charge in [-0.1, -0.05) is 0 Å². The molecule has 0 unspecified atom stereocenters.